The number of unbranched alkanes of at least 4 members (excludes halogenated alkanes) is 1. The number of nitrogens with two attached hydrogens (primary N) is 1. The van der Waals surface area contributed by atoms with Crippen LogP contribution >= 0.6 is 12.4 Å². The molecule has 0 aliphatic rings. The second-order valence-electron chi connectivity index (χ2n) is 5.81. The van der Waals surface area contributed by atoms with Crippen molar-refractivity contribution in [2.75, 3.05) is 17.8 Å². The highest BCUT2D eigenvalue weighted by Crippen LogP contribution is 2.21. The van der Waals surface area contributed by atoms with E-state index in [4.69, 9.17) is 5.73 Å². The van der Waals surface area contributed by atoms with Crippen molar-refractivity contribution in [2.45, 2.75) is 24.7 Å². The van der Waals surface area contributed by atoms with Crippen molar-refractivity contribution in [2.24, 2.45) is 5.73 Å². The average molecular weight is 416 g/mol. The molecule has 0 fully saturated rings. The van der Waals surface area contributed by atoms with Crippen molar-refractivity contribution in [3.63, 3.8) is 0 Å². The Morgan fingerprint density at radius 1 is 1.15 bits per heavy atom. The molecule has 6 nitrogen and oxygen atoms in total. The molecule has 0 aromatic heterocycles. The maximum Gasteiger partial charge on any atom is 0.261 e. The van der Waals surface area contributed by atoms with Crippen LogP contribution in [0.5, 0.6) is 0 Å². The summed E-state index contributed by atoms with van der Waals surface area (Å²) in [5, 5.41) is 2.74. The molecule has 0 bridgehead atoms. The molecule has 0 aliphatic heterocycles. The number of aryl methyl sites for hydroxylation is 1. The molecule has 0 saturated heterocycles. The van der Waals surface area contributed by atoms with Crippen LogP contribution in [0.1, 0.15) is 28.8 Å². The molecule has 9 heteroatoms. The molecule has 0 heterocycles. The standard InChI is InChI=1S/C18H22FN3O3S.ClH/c1-13-12-14(8-9-16(13)19)26(24,25)22-17-7-3-2-6-15(17)18(23)21-11-5-4-10-20;/h2-3,6-9,12,22H,4-5,10-11,20H2,1H3,(H,21,23);1H. The van der Waals surface area contributed by atoms with Gasteiger partial charge in [0.05, 0.1) is 16.1 Å². The fourth-order valence-corrected chi connectivity index (χ4v) is 3.49. The summed E-state index contributed by atoms with van der Waals surface area (Å²) in [5.74, 6) is -0.864. The molecule has 0 atom stereocenters. The van der Waals surface area contributed by atoms with Crippen molar-refractivity contribution < 1.29 is 17.6 Å². The molecule has 0 spiro atoms. The zero-order valence-corrected chi connectivity index (χ0v) is 16.5. The Bertz CT molecular complexity index is 891. The van der Waals surface area contributed by atoms with Crippen molar-refractivity contribution in [3.05, 3.63) is 59.4 Å². The molecule has 0 unspecified atom stereocenters. The molecule has 0 radical (unpaired) electrons. The number of nitrogens with one attached hydrogen (secondary N) is 2. The predicted octanol–water partition coefficient (Wildman–Crippen LogP) is 2.83. The summed E-state index contributed by atoms with van der Waals surface area (Å²) in [6.45, 7) is 2.48. The van der Waals surface area contributed by atoms with E-state index in [9.17, 15) is 17.6 Å². The van der Waals surface area contributed by atoms with E-state index in [0.717, 1.165) is 18.9 Å². The van der Waals surface area contributed by atoms with Crippen LogP contribution in [0.25, 0.3) is 0 Å². The van der Waals surface area contributed by atoms with E-state index in [2.05, 4.69) is 10.0 Å². The summed E-state index contributed by atoms with van der Waals surface area (Å²) in [6.07, 6.45) is 1.53. The topological polar surface area (TPSA) is 101 Å². The lowest BCUT2D eigenvalue weighted by Gasteiger charge is -2.13. The van der Waals surface area contributed by atoms with Crippen LogP contribution < -0.4 is 15.8 Å². The molecule has 0 saturated carbocycles. The molecule has 0 aliphatic carbocycles. The zero-order chi connectivity index (χ0) is 19.2. The van der Waals surface area contributed by atoms with E-state index in [1.807, 2.05) is 0 Å². The Morgan fingerprint density at radius 2 is 1.85 bits per heavy atom. The number of carbonyl (C=O) groups excluding carboxylic acids is 1. The van der Waals surface area contributed by atoms with E-state index in [0.29, 0.717) is 13.1 Å². The third-order valence-corrected chi connectivity index (χ3v) is 5.14. The molecule has 148 valence electrons. The molecule has 2 rings (SSSR count). The van der Waals surface area contributed by atoms with Crippen LogP contribution in [0, 0.1) is 12.7 Å². The highest BCUT2D eigenvalue weighted by molar-refractivity contribution is 7.92. The number of para-hydroxylation sites is 1. The number of sulfonamides is 1. The highest BCUT2D eigenvalue weighted by Gasteiger charge is 2.19. The maximum atomic E-state index is 13.4. The first-order chi connectivity index (χ1) is 12.3. The number of carbonyl (C=O) groups is 1. The Hall–Kier alpha value is -2.16. The lowest BCUT2D eigenvalue weighted by atomic mass is 10.1. The van der Waals surface area contributed by atoms with Crippen LogP contribution in [0.3, 0.4) is 0 Å². The van der Waals surface area contributed by atoms with Gasteiger partial charge in [0.15, 0.2) is 0 Å². The Morgan fingerprint density at radius 3 is 2.52 bits per heavy atom. The first-order valence-corrected chi connectivity index (χ1v) is 9.70. The quantitative estimate of drug-likeness (QED) is 0.577. The van der Waals surface area contributed by atoms with Crippen LogP contribution in [-0.2, 0) is 10.0 Å². The molecule has 2 aromatic rings. The molecule has 4 N–H and O–H groups in total. The van der Waals surface area contributed by atoms with Gasteiger partial charge in [-0.2, -0.15) is 0 Å². The number of benzene rings is 2. The van der Waals surface area contributed by atoms with Gasteiger partial charge in [-0.15, -0.1) is 12.4 Å². The summed E-state index contributed by atoms with van der Waals surface area (Å²) >= 11 is 0. The second-order valence-corrected chi connectivity index (χ2v) is 7.50. The summed E-state index contributed by atoms with van der Waals surface area (Å²) < 4.78 is 40.9. The van der Waals surface area contributed by atoms with Gasteiger partial charge in [0.2, 0.25) is 0 Å². The number of hydrogen-bond acceptors (Lipinski definition) is 4. The van der Waals surface area contributed by atoms with Crippen LogP contribution in [0.4, 0.5) is 10.1 Å². The van der Waals surface area contributed by atoms with Crippen molar-refractivity contribution in [1.82, 2.24) is 5.32 Å². The largest absolute Gasteiger partial charge is 0.352 e. The van der Waals surface area contributed by atoms with Gasteiger partial charge >= 0.3 is 0 Å². The minimum Gasteiger partial charge on any atom is -0.352 e. The van der Waals surface area contributed by atoms with Gasteiger partial charge in [-0.25, -0.2) is 12.8 Å². The van der Waals surface area contributed by atoms with Crippen LogP contribution in [-0.4, -0.2) is 27.4 Å². The summed E-state index contributed by atoms with van der Waals surface area (Å²) in [7, 11) is -3.95. The SMILES string of the molecule is Cc1cc(S(=O)(=O)Nc2ccccc2C(=O)NCCCCN)ccc1F.Cl. The predicted molar refractivity (Wildman–Crippen MR) is 106 cm³/mol. The van der Waals surface area contributed by atoms with E-state index in [-0.39, 0.29) is 40.0 Å². The van der Waals surface area contributed by atoms with Gasteiger partial charge in [0.25, 0.3) is 15.9 Å². The minimum atomic E-state index is -3.95. The van der Waals surface area contributed by atoms with Gasteiger partial charge in [-0.05, 0) is 62.2 Å². The smallest absolute Gasteiger partial charge is 0.261 e. The Kier molecular flexibility index (Phi) is 8.68. The minimum absolute atomic E-state index is 0. The van der Waals surface area contributed by atoms with E-state index in [1.54, 1.807) is 12.1 Å². The highest BCUT2D eigenvalue weighted by atomic mass is 35.5. The summed E-state index contributed by atoms with van der Waals surface area (Å²) in [4.78, 5) is 12.2. The lowest BCUT2D eigenvalue weighted by Crippen LogP contribution is -2.26. The second kappa shape index (κ2) is 10.2. The van der Waals surface area contributed by atoms with E-state index >= 15 is 0 Å². The number of amides is 1. The van der Waals surface area contributed by atoms with Crippen LogP contribution in [0.15, 0.2) is 47.4 Å². The number of hydrogen-bond donors (Lipinski definition) is 3. The monoisotopic (exact) mass is 415 g/mol. The Balaban J connectivity index is 0.00000364. The summed E-state index contributed by atoms with van der Waals surface area (Å²) in [5.41, 5.74) is 6.00. The van der Waals surface area contributed by atoms with Crippen LogP contribution in [0.2, 0.25) is 0 Å². The maximum absolute atomic E-state index is 13.4. The summed E-state index contributed by atoms with van der Waals surface area (Å²) in [6, 6.07) is 9.83. The molecule has 1 amide bonds. The number of anilines is 1. The fraction of sp³-hybridized carbons (Fsp3) is 0.278. The first-order valence-electron chi connectivity index (χ1n) is 8.21. The van der Waals surface area contributed by atoms with Crippen molar-refractivity contribution in [3.8, 4) is 0 Å². The van der Waals surface area contributed by atoms with E-state index in [1.165, 1.54) is 31.2 Å². The molecular formula is C18H23ClFN3O3S. The Labute approximate surface area is 164 Å². The van der Waals surface area contributed by atoms with Gasteiger partial charge in [-0.3, -0.25) is 9.52 Å². The zero-order valence-electron chi connectivity index (χ0n) is 14.9. The number of halogens is 2. The van der Waals surface area contributed by atoms with Gasteiger partial charge in [-0.1, -0.05) is 12.1 Å². The first kappa shape index (κ1) is 22.9. The van der Waals surface area contributed by atoms with Gasteiger partial charge < -0.3 is 11.1 Å². The lowest BCUT2D eigenvalue weighted by molar-refractivity contribution is 0.0954. The van der Waals surface area contributed by atoms with Gasteiger partial charge in [0, 0.05) is 6.54 Å². The van der Waals surface area contributed by atoms with Gasteiger partial charge in [0.1, 0.15) is 5.82 Å². The normalized spacial score (nSPS) is 10.8. The molecule has 2 aromatic carbocycles. The third kappa shape index (κ3) is 6.20. The third-order valence-electron chi connectivity index (χ3n) is 3.77. The van der Waals surface area contributed by atoms with E-state index < -0.39 is 15.8 Å². The van der Waals surface area contributed by atoms with Crippen molar-refractivity contribution >= 4 is 34.0 Å². The van der Waals surface area contributed by atoms with Crippen molar-refractivity contribution in [1.29, 1.82) is 0 Å². The fourth-order valence-electron chi connectivity index (χ4n) is 2.32. The molecular weight excluding hydrogens is 393 g/mol. The molecule has 27 heavy (non-hydrogen) atoms. The average Bonchev–Trinajstić information content (AvgIpc) is 2.61. The number of rotatable bonds is 8.